The molecule has 1 aromatic heterocycles. The molecule has 1 N–H and O–H groups in total. The molecule has 2 aromatic rings. The van der Waals surface area contributed by atoms with Crippen LogP contribution in [0, 0.1) is 20.8 Å². The highest BCUT2D eigenvalue weighted by Crippen LogP contribution is 2.20. The Morgan fingerprint density at radius 3 is 2.45 bits per heavy atom. The van der Waals surface area contributed by atoms with Crippen molar-refractivity contribution >= 4 is 0 Å². The zero-order chi connectivity index (χ0) is 14.5. The van der Waals surface area contributed by atoms with Crippen molar-refractivity contribution in [2.45, 2.75) is 40.2 Å². The van der Waals surface area contributed by atoms with Crippen LogP contribution in [0.3, 0.4) is 0 Å². The molecule has 1 atom stereocenters. The van der Waals surface area contributed by atoms with Gasteiger partial charge in [0.05, 0.1) is 0 Å². The van der Waals surface area contributed by atoms with E-state index in [0.29, 0.717) is 6.04 Å². The third-order valence-electron chi connectivity index (χ3n) is 3.80. The van der Waals surface area contributed by atoms with Crippen molar-refractivity contribution in [1.82, 2.24) is 10.3 Å². The van der Waals surface area contributed by atoms with Crippen molar-refractivity contribution < 1.29 is 0 Å². The molecule has 0 aliphatic heterocycles. The van der Waals surface area contributed by atoms with Crippen LogP contribution in [0.4, 0.5) is 0 Å². The summed E-state index contributed by atoms with van der Waals surface area (Å²) in [5.41, 5.74) is 6.41. The van der Waals surface area contributed by atoms with E-state index in [0.717, 1.165) is 18.7 Å². The first kappa shape index (κ1) is 14.7. The highest BCUT2D eigenvalue weighted by atomic mass is 14.9. The molecule has 0 fully saturated rings. The number of pyridine rings is 1. The molecule has 0 aliphatic rings. The Morgan fingerprint density at radius 1 is 1.05 bits per heavy atom. The zero-order valence-electron chi connectivity index (χ0n) is 12.9. The van der Waals surface area contributed by atoms with E-state index in [1.807, 2.05) is 13.1 Å². The van der Waals surface area contributed by atoms with Crippen molar-refractivity contribution in [2.24, 2.45) is 0 Å². The maximum absolute atomic E-state index is 4.42. The maximum Gasteiger partial charge on any atom is 0.0376 e. The topological polar surface area (TPSA) is 24.9 Å². The normalized spacial score (nSPS) is 12.4. The Labute approximate surface area is 122 Å². The van der Waals surface area contributed by atoms with Gasteiger partial charge < -0.3 is 5.32 Å². The summed E-state index contributed by atoms with van der Waals surface area (Å²) < 4.78 is 0. The molecule has 0 radical (unpaired) electrons. The summed E-state index contributed by atoms with van der Waals surface area (Å²) in [6.45, 7) is 9.47. The molecule has 0 saturated heterocycles. The lowest BCUT2D eigenvalue weighted by Crippen LogP contribution is -2.23. The Bertz CT molecular complexity index is 558. The fourth-order valence-corrected chi connectivity index (χ4v) is 2.41. The molecule has 0 aliphatic carbocycles. The average Bonchev–Trinajstić information content (AvgIpc) is 2.43. The summed E-state index contributed by atoms with van der Waals surface area (Å²) in [5, 5.41) is 3.56. The molecule has 2 heteroatoms. The Morgan fingerprint density at radius 2 is 1.85 bits per heavy atom. The van der Waals surface area contributed by atoms with E-state index < -0.39 is 0 Å². The monoisotopic (exact) mass is 268 g/mol. The second-order valence-corrected chi connectivity index (χ2v) is 5.47. The lowest BCUT2D eigenvalue weighted by molar-refractivity contribution is 0.548. The van der Waals surface area contributed by atoms with Gasteiger partial charge in [-0.2, -0.15) is 0 Å². The molecular weight excluding hydrogens is 244 g/mol. The standard InChI is InChI=1S/C18H24N2/c1-5-19-18(17-9-7-15(4)20-12-17)11-16-8-6-13(2)14(3)10-16/h6-10,12,18-19H,5,11H2,1-4H3. The fraction of sp³-hybridized carbons (Fsp3) is 0.389. The van der Waals surface area contributed by atoms with Crippen LogP contribution in [0.25, 0.3) is 0 Å². The van der Waals surface area contributed by atoms with Crippen LogP contribution in [-0.2, 0) is 6.42 Å². The quantitative estimate of drug-likeness (QED) is 0.889. The van der Waals surface area contributed by atoms with Gasteiger partial charge >= 0.3 is 0 Å². The van der Waals surface area contributed by atoms with Crippen LogP contribution in [0.2, 0.25) is 0 Å². The number of benzene rings is 1. The largest absolute Gasteiger partial charge is 0.310 e. The lowest BCUT2D eigenvalue weighted by Gasteiger charge is -2.19. The molecule has 106 valence electrons. The first-order valence-electron chi connectivity index (χ1n) is 7.32. The van der Waals surface area contributed by atoms with Gasteiger partial charge in [0.2, 0.25) is 0 Å². The molecule has 1 heterocycles. The van der Waals surface area contributed by atoms with Gasteiger partial charge in [0.15, 0.2) is 0 Å². The molecule has 0 amide bonds. The molecule has 0 saturated carbocycles. The summed E-state index contributed by atoms with van der Waals surface area (Å²) in [6, 6.07) is 11.3. The predicted octanol–water partition coefficient (Wildman–Crippen LogP) is 3.90. The Balaban J connectivity index is 2.20. The minimum atomic E-state index is 0.329. The van der Waals surface area contributed by atoms with Crippen LogP contribution in [0.1, 0.15) is 40.9 Å². The number of nitrogens with one attached hydrogen (secondary N) is 1. The van der Waals surface area contributed by atoms with E-state index in [2.05, 4.69) is 61.4 Å². The van der Waals surface area contributed by atoms with Gasteiger partial charge in [0.1, 0.15) is 0 Å². The van der Waals surface area contributed by atoms with Crippen molar-refractivity contribution in [3.8, 4) is 0 Å². The number of aryl methyl sites for hydroxylation is 3. The molecular formula is C18H24N2. The molecule has 2 rings (SSSR count). The predicted molar refractivity (Wildman–Crippen MR) is 85.0 cm³/mol. The van der Waals surface area contributed by atoms with Crippen LogP contribution in [0.15, 0.2) is 36.5 Å². The van der Waals surface area contributed by atoms with E-state index in [9.17, 15) is 0 Å². The highest BCUT2D eigenvalue weighted by molar-refractivity contribution is 5.31. The van der Waals surface area contributed by atoms with Crippen LogP contribution >= 0.6 is 0 Å². The summed E-state index contributed by atoms with van der Waals surface area (Å²) in [4.78, 5) is 4.42. The number of nitrogens with zero attached hydrogens (tertiary/aromatic N) is 1. The van der Waals surface area contributed by atoms with Crippen LogP contribution in [0.5, 0.6) is 0 Å². The maximum atomic E-state index is 4.42. The van der Waals surface area contributed by atoms with Gasteiger partial charge in [0, 0.05) is 17.9 Å². The molecule has 1 unspecified atom stereocenters. The highest BCUT2D eigenvalue weighted by Gasteiger charge is 2.11. The molecule has 1 aromatic carbocycles. The molecule has 0 spiro atoms. The van der Waals surface area contributed by atoms with Crippen molar-refractivity contribution in [3.63, 3.8) is 0 Å². The first-order chi connectivity index (χ1) is 9.60. The number of aromatic nitrogens is 1. The lowest BCUT2D eigenvalue weighted by atomic mass is 9.97. The summed E-state index contributed by atoms with van der Waals surface area (Å²) in [5.74, 6) is 0. The number of hydrogen-bond donors (Lipinski definition) is 1. The number of likely N-dealkylation sites (N-methyl/N-ethyl adjacent to an activating group) is 1. The van der Waals surface area contributed by atoms with Gasteiger partial charge in [-0.3, -0.25) is 4.98 Å². The van der Waals surface area contributed by atoms with E-state index >= 15 is 0 Å². The van der Waals surface area contributed by atoms with Gasteiger partial charge in [-0.05, 0) is 62.1 Å². The van der Waals surface area contributed by atoms with Crippen molar-refractivity contribution in [3.05, 3.63) is 64.5 Å². The van der Waals surface area contributed by atoms with E-state index in [1.165, 1.54) is 22.3 Å². The third kappa shape index (κ3) is 3.67. The Kier molecular flexibility index (Phi) is 4.91. The minimum absolute atomic E-state index is 0.329. The smallest absolute Gasteiger partial charge is 0.0376 e. The SMILES string of the molecule is CCNC(Cc1ccc(C)c(C)c1)c1ccc(C)nc1. The van der Waals surface area contributed by atoms with Crippen molar-refractivity contribution in [1.29, 1.82) is 0 Å². The van der Waals surface area contributed by atoms with E-state index in [-0.39, 0.29) is 0 Å². The zero-order valence-corrected chi connectivity index (χ0v) is 12.9. The molecule has 0 bridgehead atoms. The second-order valence-electron chi connectivity index (χ2n) is 5.47. The van der Waals surface area contributed by atoms with Gasteiger partial charge in [0.25, 0.3) is 0 Å². The molecule has 2 nitrogen and oxygen atoms in total. The van der Waals surface area contributed by atoms with Crippen molar-refractivity contribution in [2.75, 3.05) is 6.54 Å². The summed E-state index contributed by atoms with van der Waals surface area (Å²) in [6.07, 6.45) is 2.99. The van der Waals surface area contributed by atoms with E-state index in [4.69, 9.17) is 0 Å². The fourth-order valence-electron chi connectivity index (χ4n) is 2.41. The van der Waals surface area contributed by atoms with E-state index in [1.54, 1.807) is 0 Å². The Hall–Kier alpha value is -1.67. The van der Waals surface area contributed by atoms with Crippen LogP contribution < -0.4 is 5.32 Å². The number of rotatable bonds is 5. The molecule has 20 heavy (non-hydrogen) atoms. The van der Waals surface area contributed by atoms with Crippen LogP contribution in [-0.4, -0.2) is 11.5 Å². The summed E-state index contributed by atoms with van der Waals surface area (Å²) in [7, 11) is 0. The third-order valence-corrected chi connectivity index (χ3v) is 3.80. The van der Waals surface area contributed by atoms with Gasteiger partial charge in [-0.15, -0.1) is 0 Å². The van der Waals surface area contributed by atoms with Gasteiger partial charge in [-0.1, -0.05) is 31.2 Å². The number of hydrogen-bond acceptors (Lipinski definition) is 2. The first-order valence-corrected chi connectivity index (χ1v) is 7.32. The second kappa shape index (κ2) is 6.67. The minimum Gasteiger partial charge on any atom is -0.310 e. The van der Waals surface area contributed by atoms with Gasteiger partial charge in [-0.25, -0.2) is 0 Å². The average molecular weight is 268 g/mol. The summed E-state index contributed by atoms with van der Waals surface area (Å²) >= 11 is 0.